The van der Waals surface area contributed by atoms with E-state index in [1.807, 2.05) is 12.4 Å². The molecule has 3 aliphatic heterocycles. The van der Waals surface area contributed by atoms with Crippen LogP contribution in [-0.2, 0) is 5.60 Å². The van der Waals surface area contributed by atoms with Gasteiger partial charge in [-0.05, 0) is 45.6 Å². The van der Waals surface area contributed by atoms with Crippen LogP contribution in [0.25, 0.3) is 0 Å². The number of piperidine rings is 2. The summed E-state index contributed by atoms with van der Waals surface area (Å²) in [6.07, 6.45) is 11.5. The van der Waals surface area contributed by atoms with E-state index in [1.165, 1.54) is 32.1 Å². The van der Waals surface area contributed by atoms with Gasteiger partial charge in [-0.1, -0.05) is 6.42 Å². The number of nitrogens with zero attached hydrogens (tertiary/aromatic N) is 4. The molecule has 5 nitrogen and oxygen atoms in total. The van der Waals surface area contributed by atoms with E-state index in [0.717, 1.165) is 37.4 Å². The molecule has 4 heterocycles. The predicted molar refractivity (Wildman–Crippen MR) is 85.8 cm³/mol. The van der Waals surface area contributed by atoms with E-state index in [2.05, 4.69) is 26.8 Å². The first-order valence-electron chi connectivity index (χ1n) is 8.67. The van der Waals surface area contributed by atoms with Crippen LogP contribution in [0.3, 0.4) is 0 Å². The van der Waals surface area contributed by atoms with Gasteiger partial charge >= 0.3 is 0 Å². The van der Waals surface area contributed by atoms with Crippen molar-refractivity contribution in [3.8, 4) is 0 Å². The van der Waals surface area contributed by atoms with Crippen LogP contribution in [0.2, 0.25) is 0 Å². The SMILES string of the molecule is CN1C2CCCC1CC(O)(c1cnc(N3CCCC3)nc1)C2. The second-order valence-corrected chi connectivity index (χ2v) is 7.31. The Morgan fingerprint density at radius 2 is 1.64 bits per heavy atom. The highest BCUT2D eigenvalue weighted by Crippen LogP contribution is 2.43. The van der Waals surface area contributed by atoms with Crippen molar-refractivity contribution < 1.29 is 5.11 Å². The first-order valence-corrected chi connectivity index (χ1v) is 8.67. The lowest BCUT2D eigenvalue weighted by atomic mass is 9.73. The number of aromatic nitrogens is 2. The van der Waals surface area contributed by atoms with Crippen molar-refractivity contribution >= 4 is 5.95 Å². The molecule has 2 atom stereocenters. The maximum absolute atomic E-state index is 11.2. The molecule has 2 unspecified atom stereocenters. The van der Waals surface area contributed by atoms with E-state index in [4.69, 9.17) is 0 Å². The molecular formula is C17H26N4O. The number of anilines is 1. The zero-order valence-electron chi connectivity index (χ0n) is 13.4. The summed E-state index contributed by atoms with van der Waals surface area (Å²) in [4.78, 5) is 13.8. The summed E-state index contributed by atoms with van der Waals surface area (Å²) in [5.41, 5.74) is 0.159. The maximum atomic E-state index is 11.2. The third kappa shape index (κ3) is 2.40. The second-order valence-electron chi connectivity index (χ2n) is 7.31. The van der Waals surface area contributed by atoms with Crippen molar-refractivity contribution in [2.75, 3.05) is 25.0 Å². The van der Waals surface area contributed by atoms with Crippen LogP contribution in [0.15, 0.2) is 12.4 Å². The Labute approximate surface area is 132 Å². The Morgan fingerprint density at radius 1 is 1.05 bits per heavy atom. The summed E-state index contributed by atoms with van der Waals surface area (Å²) < 4.78 is 0. The topological polar surface area (TPSA) is 52.5 Å². The van der Waals surface area contributed by atoms with Crippen LogP contribution < -0.4 is 4.90 Å². The summed E-state index contributed by atoms with van der Waals surface area (Å²) in [7, 11) is 2.21. The molecule has 22 heavy (non-hydrogen) atoms. The first kappa shape index (κ1) is 14.4. The number of hydrogen-bond acceptors (Lipinski definition) is 5. The van der Waals surface area contributed by atoms with Gasteiger partial charge in [0.15, 0.2) is 0 Å². The molecule has 0 amide bonds. The van der Waals surface area contributed by atoms with Gasteiger partial charge in [-0.15, -0.1) is 0 Å². The minimum Gasteiger partial charge on any atom is -0.385 e. The van der Waals surface area contributed by atoms with Gasteiger partial charge in [0.05, 0.1) is 5.60 Å². The number of rotatable bonds is 2. The molecule has 3 fully saturated rings. The monoisotopic (exact) mass is 302 g/mol. The van der Waals surface area contributed by atoms with Gasteiger partial charge in [-0.25, -0.2) is 9.97 Å². The summed E-state index contributed by atoms with van der Waals surface area (Å²) in [5.74, 6) is 0.818. The zero-order chi connectivity index (χ0) is 15.2. The standard InChI is InChI=1S/C17H26N4O/c1-20-14-5-4-6-15(20)10-17(22,9-14)13-11-18-16(19-12-13)21-7-2-3-8-21/h11-12,14-15,22H,2-10H2,1H3. The number of aliphatic hydroxyl groups is 1. The van der Waals surface area contributed by atoms with Crippen molar-refractivity contribution in [3.05, 3.63) is 18.0 Å². The lowest BCUT2D eigenvalue weighted by molar-refractivity contribution is -0.0878. The molecule has 1 aromatic rings. The molecule has 3 saturated heterocycles. The number of fused-ring (bicyclic) bond motifs is 2. The third-order valence-electron chi connectivity index (χ3n) is 5.94. The fourth-order valence-electron chi connectivity index (χ4n) is 4.53. The minimum absolute atomic E-state index is 0.496. The van der Waals surface area contributed by atoms with Crippen molar-refractivity contribution in [1.29, 1.82) is 0 Å². The molecule has 2 bridgehead atoms. The van der Waals surface area contributed by atoms with Gasteiger partial charge < -0.3 is 14.9 Å². The van der Waals surface area contributed by atoms with Crippen molar-refractivity contribution in [3.63, 3.8) is 0 Å². The van der Waals surface area contributed by atoms with Gasteiger partial charge in [-0.3, -0.25) is 0 Å². The fraction of sp³-hybridized carbons (Fsp3) is 0.765. The minimum atomic E-state index is -0.744. The molecule has 0 radical (unpaired) electrons. The largest absolute Gasteiger partial charge is 0.385 e. The molecule has 3 aliphatic rings. The third-order valence-corrected chi connectivity index (χ3v) is 5.94. The van der Waals surface area contributed by atoms with Gasteiger partial charge in [-0.2, -0.15) is 0 Å². The first-order chi connectivity index (χ1) is 10.7. The normalized spacial score (nSPS) is 35.8. The van der Waals surface area contributed by atoms with E-state index in [9.17, 15) is 5.11 Å². The van der Waals surface area contributed by atoms with Crippen LogP contribution in [0.1, 0.15) is 50.5 Å². The van der Waals surface area contributed by atoms with Crippen LogP contribution >= 0.6 is 0 Å². The van der Waals surface area contributed by atoms with E-state index in [-0.39, 0.29) is 0 Å². The zero-order valence-corrected chi connectivity index (χ0v) is 13.4. The second kappa shape index (κ2) is 5.46. The Balaban J connectivity index is 1.55. The van der Waals surface area contributed by atoms with Crippen molar-refractivity contribution in [2.24, 2.45) is 0 Å². The molecular weight excluding hydrogens is 276 g/mol. The van der Waals surface area contributed by atoms with E-state index >= 15 is 0 Å². The predicted octanol–water partition coefficient (Wildman–Crippen LogP) is 1.91. The lowest BCUT2D eigenvalue weighted by Gasteiger charge is -2.50. The van der Waals surface area contributed by atoms with Gasteiger partial charge in [0.25, 0.3) is 0 Å². The van der Waals surface area contributed by atoms with Crippen molar-refractivity contribution in [1.82, 2.24) is 14.9 Å². The maximum Gasteiger partial charge on any atom is 0.225 e. The molecule has 0 aromatic carbocycles. The summed E-state index contributed by atoms with van der Waals surface area (Å²) in [5, 5.41) is 11.2. The quantitative estimate of drug-likeness (QED) is 0.904. The highest BCUT2D eigenvalue weighted by Gasteiger charge is 2.45. The molecule has 1 N–H and O–H groups in total. The lowest BCUT2D eigenvalue weighted by Crippen LogP contribution is -2.55. The average Bonchev–Trinajstić information content (AvgIpc) is 3.04. The molecule has 0 aliphatic carbocycles. The van der Waals surface area contributed by atoms with Gasteiger partial charge in [0.1, 0.15) is 0 Å². The van der Waals surface area contributed by atoms with E-state index < -0.39 is 5.60 Å². The Morgan fingerprint density at radius 3 is 2.23 bits per heavy atom. The fourth-order valence-corrected chi connectivity index (χ4v) is 4.53. The highest BCUT2D eigenvalue weighted by atomic mass is 16.3. The summed E-state index contributed by atoms with van der Waals surface area (Å²) in [6.45, 7) is 2.11. The Hall–Kier alpha value is -1.20. The molecule has 5 heteroatoms. The van der Waals surface area contributed by atoms with Crippen molar-refractivity contribution in [2.45, 2.75) is 62.6 Å². The highest BCUT2D eigenvalue weighted by molar-refractivity contribution is 5.32. The number of hydrogen-bond donors (Lipinski definition) is 1. The molecule has 1 aromatic heterocycles. The van der Waals surface area contributed by atoms with Crippen LogP contribution in [0.4, 0.5) is 5.95 Å². The van der Waals surface area contributed by atoms with Crippen LogP contribution in [0.5, 0.6) is 0 Å². The Bertz CT molecular complexity index is 512. The van der Waals surface area contributed by atoms with Gasteiger partial charge in [0.2, 0.25) is 5.95 Å². The van der Waals surface area contributed by atoms with Crippen LogP contribution in [-0.4, -0.2) is 52.2 Å². The van der Waals surface area contributed by atoms with E-state index in [1.54, 1.807) is 0 Å². The molecule has 0 saturated carbocycles. The molecule has 0 spiro atoms. The molecule has 120 valence electrons. The van der Waals surface area contributed by atoms with Gasteiger partial charge in [0, 0.05) is 43.1 Å². The summed E-state index contributed by atoms with van der Waals surface area (Å²) >= 11 is 0. The van der Waals surface area contributed by atoms with E-state index in [0.29, 0.717) is 12.1 Å². The summed E-state index contributed by atoms with van der Waals surface area (Å²) in [6, 6.07) is 0.992. The van der Waals surface area contributed by atoms with Crippen LogP contribution in [0, 0.1) is 0 Å². The smallest absolute Gasteiger partial charge is 0.225 e. The average molecular weight is 302 g/mol. The Kier molecular flexibility index (Phi) is 3.57. The molecule has 4 rings (SSSR count).